The number of rotatable bonds is 9. The van der Waals surface area contributed by atoms with E-state index in [1.807, 2.05) is 19.0 Å². The van der Waals surface area contributed by atoms with Crippen LogP contribution in [0.25, 0.3) is 0 Å². The van der Waals surface area contributed by atoms with Gasteiger partial charge in [-0.3, -0.25) is 4.79 Å². The van der Waals surface area contributed by atoms with Crippen molar-refractivity contribution in [3.8, 4) is 5.75 Å². The highest BCUT2D eigenvalue weighted by atomic mass is 32.2. The van der Waals surface area contributed by atoms with Crippen molar-refractivity contribution in [2.45, 2.75) is 11.3 Å². The van der Waals surface area contributed by atoms with Crippen LogP contribution in [0.5, 0.6) is 5.75 Å². The van der Waals surface area contributed by atoms with Crippen molar-refractivity contribution in [1.29, 1.82) is 0 Å². The molecular weight excluding hydrogens is 366 g/mol. The summed E-state index contributed by atoms with van der Waals surface area (Å²) in [7, 11) is 1.83. The third-order valence-corrected chi connectivity index (χ3v) is 5.31. The number of amides is 1. The van der Waals surface area contributed by atoms with Crippen LogP contribution in [-0.2, 0) is 10.0 Å². The average molecular weight is 391 g/mol. The van der Waals surface area contributed by atoms with Gasteiger partial charge in [-0.2, -0.15) is 0 Å². The molecule has 2 N–H and O–H groups in total. The molecule has 0 atom stereocenters. The number of hydrogen-bond donors (Lipinski definition) is 2. The zero-order valence-corrected chi connectivity index (χ0v) is 16.5. The number of nitrogens with one attached hydrogen (secondary N) is 2. The lowest BCUT2D eigenvalue weighted by Crippen LogP contribution is -2.27. The first kappa shape index (κ1) is 20.9. The van der Waals surface area contributed by atoms with E-state index in [-0.39, 0.29) is 10.8 Å². The summed E-state index contributed by atoms with van der Waals surface area (Å²) in [6, 6.07) is 12.8. The quantitative estimate of drug-likeness (QED) is 0.640. The largest absolute Gasteiger partial charge is 0.497 e. The number of hydrogen-bond acceptors (Lipinski definition) is 5. The fraction of sp³-hybridized carbons (Fsp3) is 0.316. The summed E-state index contributed by atoms with van der Waals surface area (Å²) in [5.41, 5.74) is 0.961. The summed E-state index contributed by atoms with van der Waals surface area (Å²) in [5.74, 6) is 0.306. The van der Waals surface area contributed by atoms with Crippen molar-refractivity contribution < 1.29 is 17.9 Å². The highest BCUT2D eigenvalue weighted by Crippen LogP contribution is 2.18. The van der Waals surface area contributed by atoms with Crippen molar-refractivity contribution in [3.63, 3.8) is 0 Å². The van der Waals surface area contributed by atoms with Crippen molar-refractivity contribution in [1.82, 2.24) is 9.62 Å². The number of methoxy groups -OCH3 is 1. The van der Waals surface area contributed by atoms with E-state index in [9.17, 15) is 13.2 Å². The summed E-state index contributed by atoms with van der Waals surface area (Å²) in [5, 5.41) is 2.75. The molecule has 0 aliphatic carbocycles. The number of nitrogens with zero attached hydrogens (tertiary/aromatic N) is 1. The molecule has 0 radical (unpaired) electrons. The minimum atomic E-state index is -3.59. The minimum absolute atomic E-state index is 0.130. The SMILES string of the molecule is COc1cccc(NC(=O)c2ccc(S(=O)(=O)NCCCN(C)C)cc2)c1. The number of anilines is 1. The van der Waals surface area contributed by atoms with Crippen LogP contribution in [0.4, 0.5) is 5.69 Å². The van der Waals surface area contributed by atoms with Gasteiger partial charge in [0.1, 0.15) is 5.75 Å². The number of sulfonamides is 1. The maximum absolute atomic E-state index is 12.3. The molecule has 0 aliphatic heterocycles. The summed E-state index contributed by atoms with van der Waals surface area (Å²) >= 11 is 0. The summed E-state index contributed by atoms with van der Waals surface area (Å²) in [6.45, 7) is 1.16. The Morgan fingerprint density at radius 2 is 1.81 bits per heavy atom. The molecule has 8 heteroatoms. The Kier molecular flexibility index (Phi) is 7.35. The lowest BCUT2D eigenvalue weighted by molar-refractivity contribution is 0.102. The van der Waals surface area contributed by atoms with E-state index in [2.05, 4.69) is 10.0 Å². The van der Waals surface area contributed by atoms with Gasteiger partial charge in [-0.1, -0.05) is 6.07 Å². The molecule has 0 saturated carbocycles. The van der Waals surface area contributed by atoms with E-state index in [1.165, 1.54) is 24.3 Å². The molecule has 146 valence electrons. The molecule has 0 spiro atoms. The first-order valence-electron chi connectivity index (χ1n) is 8.52. The predicted octanol–water partition coefficient (Wildman–Crippen LogP) is 2.18. The second-order valence-corrected chi connectivity index (χ2v) is 8.03. The minimum Gasteiger partial charge on any atom is -0.497 e. The van der Waals surface area contributed by atoms with E-state index in [0.717, 1.165) is 6.54 Å². The number of ether oxygens (including phenoxy) is 1. The molecule has 2 aromatic rings. The van der Waals surface area contributed by atoms with Crippen LogP contribution < -0.4 is 14.8 Å². The van der Waals surface area contributed by atoms with Crippen LogP contribution in [0.2, 0.25) is 0 Å². The smallest absolute Gasteiger partial charge is 0.255 e. The Morgan fingerprint density at radius 1 is 1.11 bits per heavy atom. The summed E-state index contributed by atoms with van der Waals surface area (Å²) in [4.78, 5) is 14.4. The molecule has 0 bridgehead atoms. The molecule has 0 aromatic heterocycles. The first-order valence-corrected chi connectivity index (χ1v) is 10.00. The van der Waals surface area contributed by atoms with Gasteiger partial charge in [-0.25, -0.2) is 13.1 Å². The molecule has 0 heterocycles. The average Bonchev–Trinajstić information content (AvgIpc) is 2.65. The van der Waals surface area contributed by atoms with Gasteiger partial charge in [0.15, 0.2) is 0 Å². The molecule has 1 amide bonds. The monoisotopic (exact) mass is 391 g/mol. The third-order valence-electron chi connectivity index (χ3n) is 3.83. The third kappa shape index (κ3) is 6.35. The standard InChI is InChI=1S/C19H25N3O4S/c1-22(2)13-5-12-20-27(24,25)18-10-8-15(9-11-18)19(23)21-16-6-4-7-17(14-16)26-3/h4,6-11,14,20H,5,12-13H2,1-3H3,(H,21,23). The van der Waals surface area contributed by atoms with Gasteiger partial charge in [-0.05, 0) is 63.5 Å². The Labute approximate surface area is 160 Å². The van der Waals surface area contributed by atoms with Gasteiger partial charge in [0.25, 0.3) is 5.91 Å². The molecule has 0 aliphatic rings. The van der Waals surface area contributed by atoms with Gasteiger partial charge >= 0.3 is 0 Å². The summed E-state index contributed by atoms with van der Waals surface area (Å²) < 4.78 is 32.2. The van der Waals surface area contributed by atoms with E-state index in [0.29, 0.717) is 30.0 Å². The van der Waals surface area contributed by atoms with Crippen LogP contribution in [0, 0.1) is 0 Å². The number of carbonyl (C=O) groups excluding carboxylic acids is 1. The number of carbonyl (C=O) groups is 1. The first-order chi connectivity index (χ1) is 12.8. The number of benzene rings is 2. The van der Waals surface area contributed by atoms with Crippen LogP contribution >= 0.6 is 0 Å². The van der Waals surface area contributed by atoms with E-state index in [4.69, 9.17) is 4.74 Å². The van der Waals surface area contributed by atoms with Crippen LogP contribution in [-0.4, -0.2) is 53.5 Å². The normalized spacial score (nSPS) is 11.4. The second kappa shape index (κ2) is 9.50. The molecule has 2 aromatic carbocycles. The van der Waals surface area contributed by atoms with E-state index in [1.54, 1.807) is 31.4 Å². The van der Waals surface area contributed by atoms with E-state index >= 15 is 0 Å². The Balaban J connectivity index is 1.99. The highest BCUT2D eigenvalue weighted by Gasteiger charge is 2.14. The molecule has 0 fully saturated rings. The Bertz CT molecular complexity index is 865. The van der Waals surface area contributed by atoms with Crippen LogP contribution in [0.15, 0.2) is 53.4 Å². The van der Waals surface area contributed by atoms with Gasteiger partial charge in [0, 0.05) is 23.9 Å². The Hall–Kier alpha value is -2.42. The van der Waals surface area contributed by atoms with Crippen molar-refractivity contribution in [3.05, 3.63) is 54.1 Å². The zero-order chi connectivity index (χ0) is 19.9. The second-order valence-electron chi connectivity index (χ2n) is 6.27. The Morgan fingerprint density at radius 3 is 2.44 bits per heavy atom. The molecule has 0 saturated heterocycles. The van der Waals surface area contributed by atoms with Crippen LogP contribution in [0.3, 0.4) is 0 Å². The fourth-order valence-corrected chi connectivity index (χ4v) is 3.45. The van der Waals surface area contributed by atoms with Crippen molar-refractivity contribution >= 4 is 21.6 Å². The van der Waals surface area contributed by atoms with E-state index < -0.39 is 10.0 Å². The van der Waals surface area contributed by atoms with Gasteiger partial charge < -0.3 is 15.0 Å². The molecule has 2 rings (SSSR count). The molecule has 0 unspecified atom stereocenters. The van der Waals surface area contributed by atoms with Crippen LogP contribution in [0.1, 0.15) is 16.8 Å². The van der Waals surface area contributed by atoms with Gasteiger partial charge in [0.05, 0.1) is 12.0 Å². The maximum Gasteiger partial charge on any atom is 0.255 e. The molecule has 27 heavy (non-hydrogen) atoms. The maximum atomic E-state index is 12.3. The van der Waals surface area contributed by atoms with Crippen molar-refractivity contribution in [2.75, 3.05) is 39.6 Å². The highest BCUT2D eigenvalue weighted by molar-refractivity contribution is 7.89. The topological polar surface area (TPSA) is 87.7 Å². The summed E-state index contributed by atoms with van der Waals surface area (Å²) in [6.07, 6.45) is 0.716. The fourth-order valence-electron chi connectivity index (χ4n) is 2.37. The predicted molar refractivity (Wildman–Crippen MR) is 106 cm³/mol. The molecule has 7 nitrogen and oxygen atoms in total. The lowest BCUT2D eigenvalue weighted by Gasteiger charge is -2.11. The zero-order valence-electron chi connectivity index (χ0n) is 15.7. The van der Waals surface area contributed by atoms with Gasteiger partial charge in [-0.15, -0.1) is 0 Å². The molecular formula is C19H25N3O4S. The van der Waals surface area contributed by atoms with Gasteiger partial charge in [0.2, 0.25) is 10.0 Å². The van der Waals surface area contributed by atoms with Crippen molar-refractivity contribution in [2.24, 2.45) is 0 Å². The lowest BCUT2D eigenvalue weighted by atomic mass is 10.2.